The number of nitro benzene ring substituents is 1. The van der Waals surface area contributed by atoms with Gasteiger partial charge in [-0.1, -0.05) is 6.42 Å². The van der Waals surface area contributed by atoms with Crippen molar-refractivity contribution in [3.63, 3.8) is 0 Å². The molecule has 1 aromatic rings. The number of non-ortho nitro benzene ring substituents is 1. The zero-order chi connectivity index (χ0) is 13.8. The van der Waals surface area contributed by atoms with E-state index in [0.29, 0.717) is 17.0 Å². The van der Waals surface area contributed by atoms with Crippen molar-refractivity contribution in [3.8, 4) is 0 Å². The van der Waals surface area contributed by atoms with Crippen molar-refractivity contribution in [2.45, 2.75) is 37.0 Å². The van der Waals surface area contributed by atoms with E-state index in [-0.39, 0.29) is 5.69 Å². The smallest absolute Gasteiger partial charge is 0.273 e. The maximum Gasteiger partial charge on any atom is 0.273 e. The Morgan fingerprint density at radius 1 is 1.42 bits per heavy atom. The minimum absolute atomic E-state index is 0.0414. The van der Waals surface area contributed by atoms with Crippen LogP contribution in [0.1, 0.15) is 25.7 Å². The van der Waals surface area contributed by atoms with E-state index in [1.54, 1.807) is 12.1 Å². The van der Waals surface area contributed by atoms with Crippen LogP contribution in [-0.4, -0.2) is 22.5 Å². The van der Waals surface area contributed by atoms with Gasteiger partial charge >= 0.3 is 0 Å². The number of nitrogens with zero attached hydrogens (tertiary/aromatic N) is 1. The summed E-state index contributed by atoms with van der Waals surface area (Å²) in [6, 6.07) is 5.08. The molecule has 0 bridgehead atoms. The Morgan fingerprint density at radius 2 is 2.21 bits per heavy atom. The fourth-order valence-electron chi connectivity index (χ4n) is 2.55. The highest BCUT2D eigenvalue weighted by Crippen LogP contribution is 2.30. The van der Waals surface area contributed by atoms with Crippen LogP contribution in [0.5, 0.6) is 0 Å². The molecule has 6 heteroatoms. The van der Waals surface area contributed by atoms with E-state index in [2.05, 4.69) is 11.6 Å². The summed E-state index contributed by atoms with van der Waals surface area (Å²) in [4.78, 5) is 10.4. The van der Waals surface area contributed by atoms with Crippen LogP contribution in [0.25, 0.3) is 0 Å². The van der Waals surface area contributed by atoms with E-state index in [1.807, 2.05) is 11.8 Å². The molecule has 5 nitrogen and oxygen atoms in total. The average Bonchev–Trinajstić information content (AvgIpc) is 2.38. The lowest BCUT2D eigenvalue weighted by Crippen LogP contribution is -2.28. The standard InChI is InChI=1S/C13H19N3O2S/c1-19-13-4-2-3-10(8-13)15-11-5-9(14)6-12(7-11)16(17)18/h5-7,10,13,15H,2-4,8,14H2,1H3. The summed E-state index contributed by atoms with van der Waals surface area (Å²) in [6.07, 6.45) is 6.81. The van der Waals surface area contributed by atoms with Gasteiger partial charge in [-0.05, 0) is 31.6 Å². The van der Waals surface area contributed by atoms with Crippen LogP contribution in [0.3, 0.4) is 0 Å². The van der Waals surface area contributed by atoms with Crippen LogP contribution in [0.15, 0.2) is 18.2 Å². The molecule has 0 heterocycles. The van der Waals surface area contributed by atoms with Gasteiger partial charge in [0.25, 0.3) is 5.69 Å². The van der Waals surface area contributed by atoms with Crippen molar-refractivity contribution in [2.24, 2.45) is 0 Å². The molecule has 0 saturated heterocycles. The molecule has 2 atom stereocenters. The van der Waals surface area contributed by atoms with E-state index in [0.717, 1.165) is 18.5 Å². The fraction of sp³-hybridized carbons (Fsp3) is 0.538. The molecular formula is C13H19N3O2S. The van der Waals surface area contributed by atoms with Gasteiger partial charge in [0.15, 0.2) is 0 Å². The zero-order valence-electron chi connectivity index (χ0n) is 11.0. The maximum atomic E-state index is 10.8. The Labute approximate surface area is 117 Å². The molecule has 104 valence electrons. The first-order chi connectivity index (χ1) is 9.08. The number of nitrogen functional groups attached to an aromatic ring is 1. The minimum Gasteiger partial charge on any atom is -0.398 e. The van der Waals surface area contributed by atoms with Crippen LogP contribution in [0, 0.1) is 10.1 Å². The second-order valence-electron chi connectivity index (χ2n) is 4.94. The van der Waals surface area contributed by atoms with E-state index in [4.69, 9.17) is 5.73 Å². The zero-order valence-corrected chi connectivity index (χ0v) is 11.8. The van der Waals surface area contributed by atoms with Crippen LogP contribution in [0.2, 0.25) is 0 Å². The number of hydrogen-bond donors (Lipinski definition) is 2. The predicted octanol–water partition coefficient (Wildman–Crippen LogP) is 3.26. The van der Waals surface area contributed by atoms with E-state index >= 15 is 0 Å². The number of benzene rings is 1. The highest BCUT2D eigenvalue weighted by atomic mass is 32.2. The molecule has 1 aliphatic carbocycles. The number of hydrogen-bond acceptors (Lipinski definition) is 5. The Balaban J connectivity index is 2.08. The maximum absolute atomic E-state index is 10.8. The molecule has 19 heavy (non-hydrogen) atoms. The van der Waals surface area contributed by atoms with Gasteiger partial charge in [0.05, 0.1) is 4.92 Å². The molecule has 1 aromatic carbocycles. The van der Waals surface area contributed by atoms with Gasteiger partial charge in [-0.2, -0.15) is 11.8 Å². The monoisotopic (exact) mass is 281 g/mol. The second-order valence-corrected chi connectivity index (χ2v) is 6.07. The van der Waals surface area contributed by atoms with Crippen molar-refractivity contribution in [1.82, 2.24) is 0 Å². The first-order valence-electron chi connectivity index (χ1n) is 6.43. The third kappa shape index (κ3) is 3.76. The van der Waals surface area contributed by atoms with E-state index < -0.39 is 4.92 Å². The van der Waals surface area contributed by atoms with Gasteiger partial charge in [0.1, 0.15) is 0 Å². The lowest BCUT2D eigenvalue weighted by molar-refractivity contribution is -0.384. The normalized spacial score (nSPS) is 23.0. The number of nitro groups is 1. The molecule has 2 unspecified atom stereocenters. The van der Waals surface area contributed by atoms with Crippen LogP contribution >= 0.6 is 11.8 Å². The molecule has 0 spiro atoms. The number of rotatable bonds is 4. The molecule has 0 aliphatic heterocycles. The molecule has 3 N–H and O–H groups in total. The van der Waals surface area contributed by atoms with Crippen LogP contribution in [0.4, 0.5) is 17.1 Å². The highest BCUT2D eigenvalue weighted by Gasteiger charge is 2.21. The highest BCUT2D eigenvalue weighted by molar-refractivity contribution is 7.99. The molecule has 1 fully saturated rings. The summed E-state index contributed by atoms with van der Waals surface area (Å²) >= 11 is 1.90. The largest absolute Gasteiger partial charge is 0.398 e. The Bertz CT molecular complexity index is 467. The SMILES string of the molecule is CSC1CCCC(Nc2cc(N)cc([N+](=O)[O-])c2)C1. The van der Waals surface area contributed by atoms with E-state index in [9.17, 15) is 10.1 Å². The first-order valence-corrected chi connectivity index (χ1v) is 7.71. The van der Waals surface area contributed by atoms with Gasteiger partial charge < -0.3 is 11.1 Å². The lowest BCUT2D eigenvalue weighted by atomic mass is 9.94. The fourth-order valence-corrected chi connectivity index (χ4v) is 3.38. The Hall–Kier alpha value is -1.43. The molecule has 0 radical (unpaired) electrons. The first kappa shape index (κ1) is 14.0. The van der Waals surface area contributed by atoms with Crippen LogP contribution in [-0.2, 0) is 0 Å². The van der Waals surface area contributed by atoms with Crippen molar-refractivity contribution in [2.75, 3.05) is 17.3 Å². The summed E-state index contributed by atoms with van der Waals surface area (Å²) in [7, 11) is 0. The lowest BCUT2D eigenvalue weighted by Gasteiger charge is -2.29. The Morgan fingerprint density at radius 3 is 2.89 bits per heavy atom. The summed E-state index contributed by atoms with van der Waals surface area (Å²) < 4.78 is 0. The number of nitrogens with one attached hydrogen (secondary N) is 1. The number of anilines is 2. The van der Waals surface area contributed by atoms with Gasteiger partial charge in [-0.25, -0.2) is 0 Å². The summed E-state index contributed by atoms with van der Waals surface area (Å²) in [5.74, 6) is 0. The predicted molar refractivity (Wildman–Crippen MR) is 80.7 cm³/mol. The van der Waals surface area contributed by atoms with Gasteiger partial charge in [-0.3, -0.25) is 10.1 Å². The summed E-state index contributed by atoms with van der Waals surface area (Å²) in [5, 5.41) is 14.9. The topological polar surface area (TPSA) is 81.2 Å². The van der Waals surface area contributed by atoms with Crippen LogP contribution < -0.4 is 11.1 Å². The number of nitrogens with two attached hydrogens (primary N) is 1. The Kier molecular flexibility index (Phi) is 4.52. The summed E-state index contributed by atoms with van der Waals surface area (Å²) in [5.41, 5.74) is 6.92. The quantitative estimate of drug-likeness (QED) is 0.503. The average molecular weight is 281 g/mol. The molecule has 2 rings (SSSR count). The molecular weight excluding hydrogens is 262 g/mol. The number of thioether (sulfide) groups is 1. The summed E-state index contributed by atoms with van der Waals surface area (Å²) in [6.45, 7) is 0. The molecule has 1 saturated carbocycles. The van der Waals surface area contributed by atoms with Gasteiger partial charge in [0, 0.05) is 34.8 Å². The van der Waals surface area contributed by atoms with Crippen molar-refractivity contribution in [3.05, 3.63) is 28.3 Å². The molecule has 1 aliphatic rings. The van der Waals surface area contributed by atoms with Crippen molar-refractivity contribution < 1.29 is 4.92 Å². The minimum atomic E-state index is -0.410. The van der Waals surface area contributed by atoms with Crippen molar-refractivity contribution in [1.29, 1.82) is 0 Å². The van der Waals surface area contributed by atoms with Crippen molar-refractivity contribution >= 4 is 28.8 Å². The third-order valence-electron chi connectivity index (χ3n) is 3.48. The van der Waals surface area contributed by atoms with E-state index in [1.165, 1.54) is 18.9 Å². The van der Waals surface area contributed by atoms with Gasteiger partial charge in [0.2, 0.25) is 0 Å². The van der Waals surface area contributed by atoms with Gasteiger partial charge in [-0.15, -0.1) is 0 Å². The molecule has 0 aromatic heterocycles. The molecule has 0 amide bonds. The third-order valence-corrected chi connectivity index (χ3v) is 4.58. The second kappa shape index (κ2) is 6.14.